The highest BCUT2D eigenvalue weighted by Gasteiger charge is 2.33. The zero-order valence-corrected chi connectivity index (χ0v) is 15.2. The van der Waals surface area contributed by atoms with E-state index < -0.39 is 23.8 Å². The van der Waals surface area contributed by atoms with Crippen LogP contribution >= 0.6 is 0 Å². The number of anilines is 1. The van der Waals surface area contributed by atoms with E-state index in [0.717, 1.165) is 17.5 Å². The van der Waals surface area contributed by atoms with Crippen molar-refractivity contribution >= 4 is 11.7 Å². The van der Waals surface area contributed by atoms with Crippen LogP contribution in [0.3, 0.4) is 0 Å². The van der Waals surface area contributed by atoms with E-state index in [2.05, 4.69) is 15.7 Å². The number of alkyl halides is 3. The summed E-state index contributed by atoms with van der Waals surface area (Å²) in [5.74, 6) is 0.571. The second-order valence-corrected chi connectivity index (χ2v) is 6.28. The van der Waals surface area contributed by atoms with Crippen molar-refractivity contribution in [2.45, 2.75) is 26.1 Å². The van der Waals surface area contributed by atoms with Gasteiger partial charge >= 0.3 is 12.2 Å². The van der Waals surface area contributed by atoms with Gasteiger partial charge in [-0.2, -0.15) is 18.3 Å². The number of aromatic nitrogens is 2. The van der Waals surface area contributed by atoms with Crippen LogP contribution in [0, 0.1) is 13.8 Å². The first-order chi connectivity index (χ1) is 13.3. The minimum Gasteiger partial charge on any atom is -0.467 e. The molecule has 28 heavy (non-hydrogen) atoms. The average Bonchev–Trinajstić information content (AvgIpc) is 3.25. The van der Waals surface area contributed by atoms with E-state index in [-0.39, 0.29) is 12.2 Å². The maximum Gasteiger partial charge on any atom is 0.418 e. The van der Waals surface area contributed by atoms with Gasteiger partial charge < -0.3 is 15.1 Å². The molecule has 6 nitrogen and oxygen atoms in total. The Morgan fingerprint density at radius 2 is 1.96 bits per heavy atom. The van der Waals surface area contributed by atoms with Gasteiger partial charge in [0.2, 0.25) is 0 Å². The maximum absolute atomic E-state index is 13.1. The Balaban J connectivity index is 1.74. The Hall–Kier alpha value is -3.23. The molecule has 2 amide bonds. The Morgan fingerprint density at radius 1 is 1.21 bits per heavy atom. The van der Waals surface area contributed by atoms with Crippen molar-refractivity contribution in [2.24, 2.45) is 0 Å². The van der Waals surface area contributed by atoms with Crippen LogP contribution in [0.25, 0.3) is 0 Å². The summed E-state index contributed by atoms with van der Waals surface area (Å²) in [4.78, 5) is 12.2. The number of nitrogens with zero attached hydrogens (tertiary/aromatic N) is 2. The predicted octanol–water partition coefficient (Wildman–Crippen LogP) is 4.52. The van der Waals surface area contributed by atoms with Gasteiger partial charge in [-0.15, -0.1) is 0 Å². The summed E-state index contributed by atoms with van der Waals surface area (Å²) in [5.41, 5.74) is 0.445. The van der Waals surface area contributed by atoms with E-state index in [0.29, 0.717) is 5.76 Å². The number of halogens is 3. The number of hydrogen-bond acceptors (Lipinski definition) is 3. The Bertz CT molecular complexity index is 948. The van der Waals surface area contributed by atoms with Gasteiger partial charge in [0.1, 0.15) is 11.8 Å². The number of aryl methyl sites for hydroxylation is 2. The lowest BCUT2D eigenvalue weighted by Crippen LogP contribution is -2.35. The molecule has 2 N–H and O–H groups in total. The van der Waals surface area contributed by atoms with Gasteiger partial charge in [-0.3, -0.25) is 4.68 Å². The molecule has 148 valence electrons. The maximum atomic E-state index is 13.1. The predicted molar refractivity (Wildman–Crippen MR) is 97.0 cm³/mol. The lowest BCUT2D eigenvalue weighted by Gasteiger charge is -2.19. The van der Waals surface area contributed by atoms with Crippen molar-refractivity contribution in [3.05, 3.63) is 71.4 Å². The monoisotopic (exact) mass is 392 g/mol. The van der Waals surface area contributed by atoms with Gasteiger partial charge in [-0.05, 0) is 44.2 Å². The number of hydrogen-bond donors (Lipinski definition) is 2. The van der Waals surface area contributed by atoms with E-state index in [1.807, 2.05) is 19.9 Å². The van der Waals surface area contributed by atoms with Gasteiger partial charge in [-0.25, -0.2) is 4.79 Å². The Labute approximate surface area is 159 Å². The molecule has 0 radical (unpaired) electrons. The summed E-state index contributed by atoms with van der Waals surface area (Å²) in [5, 5.41) is 9.26. The number of rotatable bonds is 5. The average molecular weight is 392 g/mol. The van der Waals surface area contributed by atoms with Crippen LogP contribution < -0.4 is 10.6 Å². The summed E-state index contributed by atoms with van der Waals surface area (Å²) in [6, 6.07) is 8.96. The van der Waals surface area contributed by atoms with Crippen LogP contribution in [0.1, 0.15) is 28.8 Å². The zero-order chi connectivity index (χ0) is 20.3. The lowest BCUT2D eigenvalue weighted by atomic mass is 10.1. The molecule has 1 atom stereocenters. The molecule has 1 unspecified atom stereocenters. The molecule has 0 aliphatic carbocycles. The van der Waals surface area contributed by atoms with Crippen LogP contribution in [0.15, 0.2) is 53.1 Å². The van der Waals surface area contributed by atoms with E-state index in [4.69, 9.17) is 4.42 Å². The number of urea groups is 1. The van der Waals surface area contributed by atoms with Gasteiger partial charge in [0, 0.05) is 12.2 Å². The first-order valence-electron chi connectivity index (χ1n) is 8.53. The molecule has 1 aromatic carbocycles. The van der Waals surface area contributed by atoms with Crippen molar-refractivity contribution < 1.29 is 22.4 Å². The molecule has 0 fully saturated rings. The Kier molecular flexibility index (Phi) is 5.43. The fraction of sp³-hybridized carbons (Fsp3) is 0.263. The molecule has 2 aromatic heterocycles. The third-order valence-corrected chi connectivity index (χ3v) is 4.15. The van der Waals surface area contributed by atoms with Gasteiger partial charge in [0.15, 0.2) is 0 Å². The molecule has 9 heteroatoms. The highest BCUT2D eigenvalue weighted by atomic mass is 19.4. The minimum absolute atomic E-state index is 0.0789. The van der Waals surface area contributed by atoms with Crippen LogP contribution in [0.5, 0.6) is 0 Å². The summed E-state index contributed by atoms with van der Waals surface area (Å²) in [7, 11) is 0. The van der Waals surface area contributed by atoms with Gasteiger partial charge in [0.25, 0.3) is 0 Å². The van der Waals surface area contributed by atoms with Crippen molar-refractivity contribution in [2.75, 3.05) is 11.9 Å². The van der Waals surface area contributed by atoms with E-state index in [1.54, 1.807) is 16.8 Å². The normalized spacial score (nSPS) is 12.6. The SMILES string of the molecule is Cc1cc(C)n(C(CNC(=O)Nc2ccccc2C(F)(F)F)c2ccco2)n1. The molecule has 0 aliphatic heterocycles. The van der Waals surface area contributed by atoms with Crippen molar-refractivity contribution in [1.29, 1.82) is 0 Å². The van der Waals surface area contributed by atoms with Gasteiger partial charge in [-0.1, -0.05) is 12.1 Å². The van der Waals surface area contributed by atoms with Crippen LogP contribution in [-0.4, -0.2) is 22.4 Å². The molecule has 3 rings (SSSR count). The minimum atomic E-state index is -4.57. The fourth-order valence-electron chi connectivity index (χ4n) is 2.95. The molecule has 0 spiro atoms. The molecular weight excluding hydrogens is 373 g/mol. The molecule has 2 heterocycles. The highest BCUT2D eigenvalue weighted by Crippen LogP contribution is 2.34. The Morgan fingerprint density at radius 3 is 2.57 bits per heavy atom. The molecule has 0 saturated carbocycles. The van der Waals surface area contributed by atoms with E-state index in [1.165, 1.54) is 24.5 Å². The molecular formula is C19H19F3N4O2. The lowest BCUT2D eigenvalue weighted by molar-refractivity contribution is -0.136. The summed E-state index contributed by atoms with van der Waals surface area (Å²) in [6.07, 6.45) is -3.06. The van der Waals surface area contributed by atoms with Crippen molar-refractivity contribution in [3.63, 3.8) is 0 Å². The smallest absolute Gasteiger partial charge is 0.418 e. The van der Waals surface area contributed by atoms with Crippen molar-refractivity contribution in [1.82, 2.24) is 15.1 Å². The van der Waals surface area contributed by atoms with Crippen LogP contribution in [0.2, 0.25) is 0 Å². The quantitative estimate of drug-likeness (QED) is 0.670. The first kappa shape index (κ1) is 19.5. The number of benzene rings is 1. The van der Waals surface area contributed by atoms with Crippen LogP contribution in [-0.2, 0) is 6.18 Å². The second kappa shape index (κ2) is 7.79. The standard InChI is InChI=1S/C19H19F3N4O2/c1-12-10-13(2)26(25-12)16(17-8-5-9-28-17)11-23-18(27)24-15-7-4-3-6-14(15)19(20,21)22/h3-10,16H,11H2,1-2H3,(H2,23,24,27). The third-order valence-electron chi connectivity index (χ3n) is 4.15. The molecule has 0 bridgehead atoms. The molecule has 3 aromatic rings. The zero-order valence-electron chi connectivity index (χ0n) is 15.2. The second-order valence-electron chi connectivity index (χ2n) is 6.28. The number of carbonyl (C=O) groups is 1. The number of carbonyl (C=O) groups excluding carboxylic acids is 1. The number of amides is 2. The number of nitrogens with one attached hydrogen (secondary N) is 2. The number of para-hydroxylation sites is 1. The van der Waals surface area contributed by atoms with Gasteiger partial charge in [0.05, 0.1) is 23.2 Å². The van der Waals surface area contributed by atoms with E-state index in [9.17, 15) is 18.0 Å². The molecule has 0 aliphatic rings. The largest absolute Gasteiger partial charge is 0.467 e. The van der Waals surface area contributed by atoms with Crippen molar-refractivity contribution in [3.8, 4) is 0 Å². The van der Waals surface area contributed by atoms with Crippen LogP contribution in [0.4, 0.5) is 23.7 Å². The van der Waals surface area contributed by atoms with E-state index >= 15 is 0 Å². The first-order valence-corrected chi connectivity index (χ1v) is 8.53. The fourth-order valence-corrected chi connectivity index (χ4v) is 2.95. The topological polar surface area (TPSA) is 72.1 Å². The third kappa shape index (κ3) is 4.36. The molecule has 0 saturated heterocycles. The summed E-state index contributed by atoms with van der Waals surface area (Å²) >= 11 is 0. The highest BCUT2D eigenvalue weighted by molar-refractivity contribution is 5.90. The summed E-state index contributed by atoms with van der Waals surface area (Å²) < 4.78 is 46.4. The summed E-state index contributed by atoms with van der Waals surface area (Å²) in [6.45, 7) is 3.79. The number of furan rings is 1.